The maximum Gasteiger partial charge on any atom is 0.306 e. The Labute approximate surface area is 317 Å². The van der Waals surface area contributed by atoms with Crippen LogP contribution < -0.4 is 0 Å². The van der Waals surface area contributed by atoms with E-state index in [1.54, 1.807) is 0 Å². The Morgan fingerprint density at radius 2 is 0.692 bits per heavy atom. The molecule has 0 aliphatic carbocycles. The summed E-state index contributed by atoms with van der Waals surface area (Å²) in [6.07, 6.45) is 63.5. The molecule has 0 rings (SSSR count). The van der Waals surface area contributed by atoms with Crippen molar-refractivity contribution in [2.24, 2.45) is 0 Å². The number of carbonyl (C=O) groups is 2. The summed E-state index contributed by atoms with van der Waals surface area (Å²) in [6.45, 7) is 3.74. The number of aliphatic hydroxyl groups excluding tert-OH is 1. The molecule has 0 aliphatic heterocycles. The van der Waals surface area contributed by atoms with Gasteiger partial charge in [-0.3, -0.25) is 9.59 Å². The van der Waals surface area contributed by atoms with Crippen molar-refractivity contribution in [2.75, 3.05) is 13.2 Å². The van der Waals surface area contributed by atoms with Crippen molar-refractivity contribution in [3.63, 3.8) is 0 Å². The van der Waals surface area contributed by atoms with Crippen LogP contribution in [-0.2, 0) is 19.1 Å². The second-order valence-corrected chi connectivity index (χ2v) is 11.9. The Hall–Kier alpha value is -4.22. The quantitative estimate of drug-likeness (QED) is 0.0555. The third-order valence-corrected chi connectivity index (χ3v) is 7.16. The van der Waals surface area contributed by atoms with E-state index in [9.17, 15) is 14.7 Å². The Kier molecular flexibility index (Phi) is 37.9. The minimum atomic E-state index is -0.854. The average Bonchev–Trinajstić information content (AvgIpc) is 3.15. The Morgan fingerprint density at radius 1 is 0.423 bits per heavy atom. The van der Waals surface area contributed by atoms with Gasteiger partial charge in [-0.1, -0.05) is 160 Å². The highest BCUT2D eigenvalue weighted by Crippen LogP contribution is 2.04. The summed E-state index contributed by atoms with van der Waals surface area (Å²) in [5.74, 6) is -0.806. The van der Waals surface area contributed by atoms with Gasteiger partial charge in [-0.2, -0.15) is 0 Å². The molecule has 5 nitrogen and oxygen atoms in total. The van der Waals surface area contributed by atoms with Gasteiger partial charge in [0.25, 0.3) is 0 Å². The molecule has 0 amide bonds. The van der Waals surface area contributed by atoms with E-state index in [2.05, 4.69) is 135 Å². The van der Waals surface area contributed by atoms with Gasteiger partial charge >= 0.3 is 11.9 Å². The van der Waals surface area contributed by atoms with Gasteiger partial charge in [0.2, 0.25) is 0 Å². The first-order valence-electron chi connectivity index (χ1n) is 19.4. The zero-order valence-corrected chi connectivity index (χ0v) is 32.2. The minimum Gasteiger partial charge on any atom is -0.462 e. The van der Waals surface area contributed by atoms with Crippen LogP contribution in [0.5, 0.6) is 0 Å². The van der Waals surface area contributed by atoms with Gasteiger partial charge in [0.05, 0.1) is 6.61 Å². The van der Waals surface area contributed by atoms with Gasteiger partial charge in [-0.05, 0) is 89.9 Å². The second-order valence-electron chi connectivity index (χ2n) is 11.9. The van der Waals surface area contributed by atoms with Crippen LogP contribution >= 0.6 is 0 Å². The van der Waals surface area contributed by atoms with E-state index >= 15 is 0 Å². The Balaban J connectivity index is 3.88. The third-order valence-electron chi connectivity index (χ3n) is 7.16. The highest BCUT2D eigenvalue weighted by molar-refractivity contribution is 5.70. The lowest BCUT2D eigenvalue weighted by molar-refractivity contribution is -0.161. The molecule has 1 unspecified atom stereocenters. The molecule has 1 N–H and O–H groups in total. The second kappa shape index (κ2) is 41.2. The van der Waals surface area contributed by atoms with E-state index in [4.69, 9.17) is 9.47 Å². The van der Waals surface area contributed by atoms with Crippen LogP contribution in [0.4, 0.5) is 0 Å². The van der Waals surface area contributed by atoms with Crippen LogP contribution in [0.25, 0.3) is 0 Å². The van der Waals surface area contributed by atoms with Gasteiger partial charge in [-0.25, -0.2) is 0 Å². The van der Waals surface area contributed by atoms with Gasteiger partial charge in [-0.15, -0.1) is 0 Å². The molecule has 0 fully saturated rings. The molecule has 52 heavy (non-hydrogen) atoms. The van der Waals surface area contributed by atoms with Crippen LogP contribution in [0, 0.1) is 0 Å². The van der Waals surface area contributed by atoms with Crippen LogP contribution in [0.15, 0.2) is 146 Å². The fourth-order valence-electron chi connectivity index (χ4n) is 4.31. The first kappa shape index (κ1) is 47.8. The lowest BCUT2D eigenvalue weighted by Crippen LogP contribution is -2.28. The molecule has 1 atom stereocenters. The molecule has 0 heterocycles. The average molecular weight is 713 g/mol. The zero-order valence-electron chi connectivity index (χ0n) is 32.2. The maximum atomic E-state index is 12.1. The Morgan fingerprint density at radius 3 is 0.981 bits per heavy atom. The number of allylic oxidation sites excluding steroid dienone is 24. The van der Waals surface area contributed by atoms with Crippen molar-refractivity contribution in [3.8, 4) is 0 Å². The van der Waals surface area contributed by atoms with Crippen molar-refractivity contribution in [2.45, 2.75) is 123 Å². The highest BCUT2D eigenvalue weighted by atomic mass is 16.6. The van der Waals surface area contributed by atoms with Gasteiger partial charge in [0.1, 0.15) is 6.61 Å². The number of carbonyl (C=O) groups excluding carboxylic acids is 2. The van der Waals surface area contributed by atoms with Gasteiger partial charge < -0.3 is 14.6 Å². The smallest absolute Gasteiger partial charge is 0.306 e. The van der Waals surface area contributed by atoms with Crippen molar-refractivity contribution < 1.29 is 24.2 Å². The number of hydrogen-bond donors (Lipinski definition) is 1. The molecule has 0 radical (unpaired) electrons. The zero-order chi connectivity index (χ0) is 37.8. The molecule has 0 aromatic heterocycles. The number of hydrogen-bond acceptors (Lipinski definition) is 5. The first-order chi connectivity index (χ1) is 25.6. The number of ether oxygens (including phenoxy) is 2. The van der Waals surface area contributed by atoms with Crippen LogP contribution in [0.1, 0.15) is 117 Å². The maximum absolute atomic E-state index is 12.1. The molecule has 0 aromatic carbocycles. The molecule has 0 bridgehead atoms. The monoisotopic (exact) mass is 713 g/mol. The molecule has 286 valence electrons. The molecule has 5 heteroatoms. The predicted octanol–water partition coefficient (Wildman–Crippen LogP) is 12.4. The molecule has 0 spiro atoms. The SMILES string of the molecule is CC/C=C\C/C=C\C/C=C\C/C=C\C/C=C\C/C=C\CCC(=O)OCC(CO)OC(=O)CC/C=C\C/C=C\C/C=C\C/C=C\C/C=C\C/C=C\CC. The van der Waals surface area contributed by atoms with Gasteiger partial charge in [0.15, 0.2) is 6.10 Å². The fourth-order valence-corrected chi connectivity index (χ4v) is 4.31. The predicted molar refractivity (Wildman–Crippen MR) is 223 cm³/mol. The summed E-state index contributed by atoms with van der Waals surface area (Å²) in [5.41, 5.74) is 0. The van der Waals surface area contributed by atoms with E-state index in [-0.39, 0.29) is 25.4 Å². The minimum absolute atomic E-state index is 0.148. The van der Waals surface area contributed by atoms with E-state index in [0.717, 1.165) is 77.0 Å². The summed E-state index contributed by atoms with van der Waals surface area (Å²) < 4.78 is 10.5. The highest BCUT2D eigenvalue weighted by Gasteiger charge is 2.15. The lowest BCUT2D eigenvalue weighted by atomic mass is 10.2. The van der Waals surface area contributed by atoms with Crippen molar-refractivity contribution in [3.05, 3.63) is 146 Å². The van der Waals surface area contributed by atoms with E-state index in [1.165, 1.54) is 0 Å². The molecule has 0 saturated carbocycles. The van der Waals surface area contributed by atoms with Crippen LogP contribution in [0.3, 0.4) is 0 Å². The first-order valence-corrected chi connectivity index (χ1v) is 19.4. The molecular formula is C47H68O5. The number of rotatable bonds is 32. The topological polar surface area (TPSA) is 72.8 Å². The summed E-state index contributed by atoms with van der Waals surface area (Å²) in [7, 11) is 0. The normalized spacial score (nSPS) is 13.8. The lowest BCUT2D eigenvalue weighted by Gasteiger charge is -2.15. The molecule has 0 saturated heterocycles. The van der Waals surface area contributed by atoms with E-state index in [0.29, 0.717) is 12.8 Å². The summed E-state index contributed by atoms with van der Waals surface area (Å²) >= 11 is 0. The largest absolute Gasteiger partial charge is 0.462 e. The van der Waals surface area contributed by atoms with Crippen molar-refractivity contribution >= 4 is 11.9 Å². The third kappa shape index (κ3) is 38.6. The van der Waals surface area contributed by atoms with Gasteiger partial charge in [0, 0.05) is 12.8 Å². The summed E-state index contributed by atoms with van der Waals surface area (Å²) in [6, 6.07) is 0. The number of esters is 2. The van der Waals surface area contributed by atoms with E-state index < -0.39 is 18.7 Å². The molecular weight excluding hydrogens is 645 g/mol. The van der Waals surface area contributed by atoms with Crippen molar-refractivity contribution in [1.29, 1.82) is 0 Å². The summed E-state index contributed by atoms with van der Waals surface area (Å²) in [4.78, 5) is 24.2. The fraction of sp³-hybridized carbons (Fsp3) is 0.447. The number of aliphatic hydroxyl groups is 1. The van der Waals surface area contributed by atoms with E-state index in [1.807, 2.05) is 24.3 Å². The molecule has 0 aliphatic rings. The van der Waals surface area contributed by atoms with Crippen LogP contribution in [0.2, 0.25) is 0 Å². The standard InChI is InChI=1S/C47H68O5/c1-3-5-7-9-11-13-15-17-19-21-23-25-27-29-31-33-35-37-39-41-46(49)51-44-45(43-48)52-47(50)42-40-38-36-34-32-30-28-26-24-22-20-18-16-14-12-10-8-6-4-2/h5-8,11-14,17-20,23-26,29-32,35-38,45,48H,3-4,9-10,15-16,21-22,27-28,33-34,39-44H2,1-2H3/b7-5-,8-6-,13-11-,14-12-,19-17-,20-18-,25-23-,26-24-,31-29-,32-30-,37-35-,38-36-. The summed E-state index contributed by atoms with van der Waals surface area (Å²) in [5, 5.41) is 9.54. The molecule has 0 aromatic rings. The van der Waals surface area contributed by atoms with Crippen LogP contribution in [-0.4, -0.2) is 36.4 Å². The van der Waals surface area contributed by atoms with Crippen molar-refractivity contribution in [1.82, 2.24) is 0 Å². The Bertz CT molecular complexity index is 1220.